The van der Waals surface area contributed by atoms with Crippen molar-refractivity contribution in [2.45, 2.75) is 207 Å². The van der Waals surface area contributed by atoms with E-state index >= 15 is 0 Å². The Labute approximate surface area is 439 Å². The highest BCUT2D eigenvalue weighted by molar-refractivity contribution is 6.37. The van der Waals surface area contributed by atoms with Crippen LogP contribution in [0.25, 0.3) is 27.5 Å². The van der Waals surface area contributed by atoms with Crippen LogP contribution in [0.2, 0.25) is 5.02 Å². The quantitative estimate of drug-likeness (QED) is 0.174. The zero-order valence-corrected chi connectivity index (χ0v) is 48.5. The van der Waals surface area contributed by atoms with Gasteiger partial charge in [0.05, 0.1) is 44.5 Å². The Bertz CT molecular complexity index is 3280. The second-order valence-electron chi connectivity index (χ2n) is 29.2. The van der Waals surface area contributed by atoms with E-state index in [0.717, 1.165) is 52.0 Å². The molecule has 72 heavy (non-hydrogen) atoms. The van der Waals surface area contributed by atoms with Crippen molar-refractivity contribution < 1.29 is 0 Å². The molecule has 0 unspecified atom stereocenters. The molecular weight excluding hydrogens is 894 g/mol. The maximum Gasteiger partial charge on any atom is 0.0887 e. The van der Waals surface area contributed by atoms with Crippen molar-refractivity contribution in [2.24, 2.45) is 0 Å². The largest absolute Gasteiger partial charge is 0.309 e. The number of aromatic nitrogens is 1. The number of hydrogen-bond acceptors (Lipinski definition) is 2. The van der Waals surface area contributed by atoms with Crippen molar-refractivity contribution in [3.63, 3.8) is 0 Å². The molecule has 7 aromatic rings. The average molecular weight is 979 g/mol. The topological polar surface area (TPSA) is 11.4 Å². The molecule has 4 heteroatoms. The Balaban J connectivity index is 1.34. The predicted octanol–water partition coefficient (Wildman–Crippen LogP) is 20.6. The molecule has 1 aliphatic heterocycles. The normalized spacial score (nSPS) is 18.0. The van der Waals surface area contributed by atoms with E-state index in [4.69, 9.17) is 11.6 Å². The molecular formula is C68H84ClN3. The van der Waals surface area contributed by atoms with Gasteiger partial charge in [-0.3, -0.25) is 0 Å². The van der Waals surface area contributed by atoms with Crippen LogP contribution in [0.5, 0.6) is 0 Å². The van der Waals surface area contributed by atoms with Gasteiger partial charge >= 0.3 is 0 Å². The Morgan fingerprint density at radius 3 is 1.32 bits per heavy atom. The summed E-state index contributed by atoms with van der Waals surface area (Å²) < 4.78 is 2.57. The lowest BCUT2D eigenvalue weighted by atomic mass is 9.63. The monoisotopic (exact) mass is 978 g/mol. The van der Waals surface area contributed by atoms with Crippen molar-refractivity contribution in [1.29, 1.82) is 0 Å². The van der Waals surface area contributed by atoms with Crippen LogP contribution in [0.4, 0.5) is 34.1 Å². The average Bonchev–Trinajstić information content (AvgIpc) is 3.61. The fourth-order valence-electron chi connectivity index (χ4n) is 12.4. The third-order valence-electron chi connectivity index (χ3n) is 17.7. The van der Waals surface area contributed by atoms with E-state index in [0.29, 0.717) is 0 Å². The van der Waals surface area contributed by atoms with Gasteiger partial charge in [0.15, 0.2) is 0 Å². The molecule has 0 saturated carbocycles. The van der Waals surface area contributed by atoms with Crippen LogP contribution >= 0.6 is 11.6 Å². The summed E-state index contributed by atoms with van der Waals surface area (Å²) in [6, 6.07) is 38.9. The summed E-state index contributed by atoms with van der Waals surface area (Å²) in [5.41, 5.74) is 21.0. The molecule has 378 valence electrons. The SMILES string of the molecule is CC(C)(C)c1cc(N(c2ccc3c(c2)C(C)(C)CCC3(C)C)c2ccc3c(c2)C(C)(C)CCC3(C)C)c(Cl)c(N2c3ccc(C(C)(C)C)cc3-n3c4ccc(C(C)(C)C)cc4c4cc(C(C)(C)C)cc2c43)c1. The lowest BCUT2D eigenvalue weighted by molar-refractivity contribution is 0.332. The fourth-order valence-corrected chi connectivity index (χ4v) is 12.7. The second kappa shape index (κ2) is 16.0. The van der Waals surface area contributed by atoms with Gasteiger partial charge in [0.2, 0.25) is 0 Å². The van der Waals surface area contributed by atoms with Crippen molar-refractivity contribution in [1.82, 2.24) is 4.57 Å². The first-order valence-corrected chi connectivity index (χ1v) is 27.5. The first kappa shape index (κ1) is 50.5. The molecule has 0 radical (unpaired) electrons. The smallest absolute Gasteiger partial charge is 0.0887 e. The summed E-state index contributed by atoms with van der Waals surface area (Å²) in [4.78, 5) is 5.07. The van der Waals surface area contributed by atoms with Crippen molar-refractivity contribution in [2.75, 3.05) is 9.80 Å². The Kier molecular flexibility index (Phi) is 11.2. The van der Waals surface area contributed by atoms with Crippen molar-refractivity contribution >= 4 is 67.5 Å². The van der Waals surface area contributed by atoms with Crippen LogP contribution in [0.3, 0.4) is 0 Å². The summed E-state index contributed by atoms with van der Waals surface area (Å²) in [6.07, 6.45) is 4.63. The molecule has 3 aliphatic rings. The number of fused-ring (bicyclic) bond motifs is 7. The maximum absolute atomic E-state index is 8.47. The van der Waals surface area contributed by atoms with Crippen LogP contribution in [-0.2, 0) is 43.3 Å². The van der Waals surface area contributed by atoms with E-state index in [9.17, 15) is 0 Å². The maximum atomic E-state index is 8.47. The summed E-state index contributed by atoms with van der Waals surface area (Å²) in [5.74, 6) is 0. The minimum atomic E-state index is -0.209. The molecule has 1 aromatic heterocycles. The second-order valence-corrected chi connectivity index (χ2v) is 29.5. The van der Waals surface area contributed by atoms with E-state index in [1.54, 1.807) is 0 Å². The van der Waals surface area contributed by atoms with Gasteiger partial charge in [-0.1, -0.05) is 174 Å². The number of nitrogens with zero attached hydrogens (tertiary/aromatic N) is 3. The van der Waals surface area contributed by atoms with Crippen molar-refractivity contribution in [3.05, 3.63) is 147 Å². The molecule has 2 heterocycles. The van der Waals surface area contributed by atoms with Gasteiger partial charge in [0, 0.05) is 22.1 Å². The molecule has 2 aliphatic carbocycles. The van der Waals surface area contributed by atoms with Gasteiger partial charge in [-0.25, -0.2) is 0 Å². The highest BCUT2D eigenvalue weighted by Crippen LogP contribution is 2.57. The molecule has 0 atom stereocenters. The van der Waals surface area contributed by atoms with E-state index in [2.05, 4.69) is 250 Å². The third kappa shape index (κ3) is 8.13. The number of rotatable bonds is 4. The van der Waals surface area contributed by atoms with Gasteiger partial charge in [-0.15, -0.1) is 0 Å². The summed E-state index contributed by atoms with van der Waals surface area (Å²) >= 11 is 8.47. The fraction of sp³-hybridized carbons (Fsp3) is 0.471. The van der Waals surface area contributed by atoms with Gasteiger partial charge in [-0.2, -0.15) is 0 Å². The van der Waals surface area contributed by atoms with E-state index in [1.165, 1.54) is 84.8 Å². The minimum Gasteiger partial charge on any atom is -0.309 e. The van der Waals surface area contributed by atoms with Crippen LogP contribution in [-0.4, -0.2) is 4.57 Å². The molecule has 0 saturated heterocycles. The zero-order chi connectivity index (χ0) is 52.4. The molecule has 0 fully saturated rings. The predicted molar refractivity (Wildman–Crippen MR) is 314 cm³/mol. The molecule has 10 rings (SSSR count). The van der Waals surface area contributed by atoms with E-state index in [1.807, 2.05) is 0 Å². The highest BCUT2D eigenvalue weighted by Gasteiger charge is 2.41. The molecule has 6 aromatic carbocycles. The Morgan fingerprint density at radius 2 is 0.819 bits per heavy atom. The molecule has 3 nitrogen and oxygen atoms in total. The highest BCUT2D eigenvalue weighted by atomic mass is 35.5. The van der Waals surface area contributed by atoms with Crippen LogP contribution in [0, 0.1) is 0 Å². The minimum absolute atomic E-state index is 0.00613. The number of hydrogen-bond donors (Lipinski definition) is 0. The summed E-state index contributed by atoms with van der Waals surface area (Å²) in [7, 11) is 0. The number of anilines is 6. The van der Waals surface area contributed by atoms with E-state index in [-0.39, 0.29) is 43.3 Å². The lowest BCUT2D eigenvalue weighted by Gasteiger charge is -2.43. The Hall–Kier alpha value is -4.99. The lowest BCUT2D eigenvalue weighted by Crippen LogP contribution is -2.34. The van der Waals surface area contributed by atoms with Gasteiger partial charge in [0.1, 0.15) is 0 Å². The summed E-state index contributed by atoms with van der Waals surface area (Å²) in [6.45, 7) is 47.5. The van der Waals surface area contributed by atoms with Crippen LogP contribution in [0.15, 0.2) is 97.1 Å². The van der Waals surface area contributed by atoms with Gasteiger partial charge in [0.25, 0.3) is 0 Å². The number of halogens is 1. The van der Waals surface area contributed by atoms with E-state index < -0.39 is 0 Å². The van der Waals surface area contributed by atoms with Crippen molar-refractivity contribution in [3.8, 4) is 5.69 Å². The van der Waals surface area contributed by atoms with Crippen LogP contribution in [0.1, 0.15) is 209 Å². The standard InChI is InChI=1S/C68H84ClN3/c1-61(2,3)41-21-27-53-47(33-41)48-34-43(63(7,8)9)38-58-60(48)72(53)55-35-42(62(4,5)6)22-28-54(55)71(58)57-37-44(64(10,11)12)36-56(59(57)69)70(45-23-25-49-51(39-45)67(17,18)31-29-65(49,13)14)46-24-26-50-52(40-46)68(19,20)32-30-66(50,15)16/h21-28,33-40H,29-32H2,1-20H3. The third-order valence-corrected chi connectivity index (χ3v) is 18.1. The molecule has 0 bridgehead atoms. The van der Waals surface area contributed by atoms with Gasteiger partial charge < -0.3 is 14.4 Å². The molecule has 0 spiro atoms. The van der Waals surface area contributed by atoms with Gasteiger partial charge in [-0.05, 0) is 186 Å². The number of benzene rings is 6. The first-order valence-electron chi connectivity index (χ1n) is 27.1. The zero-order valence-electron chi connectivity index (χ0n) is 47.8. The summed E-state index contributed by atoms with van der Waals surface area (Å²) in [5, 5.41) is 3.30. The first-order chi connectivity index (χ1) is 33.1. The molecule has 0 N–H and O–H groups in total. The van der Waals surface area contributed by atoms with Crippen LogP contribution < -0.4 is 9.80 Å². The molecule has 0 amide bonds. The Morgan fingerprint density at radius 1 is 0.403 bits per heavy atom.